The highest BCUT2D eigenvalue weighted by atomic mass is 32.2. The molecule has 0 radical (unpaired) electrons. The van der Waals surface area contributed by atoms with E-state index in [4.69, 9.17) is 4.42 Å². The van der Waals surface area contributed by atoms with Crippen molar-refractivity contribution in [2.75, 3.05) is 7.05 Å². The van der Waals surface area contributed by atoms with Gasteiger partial charge in [-0.3, -0.25) is 0 Å². The number of aryl methyl sites for hydroxylation is 1. The molecule has 0 saturated carbocycles. The van der Waals surface area contributed by atoms with Crippen molar-refractivity contribution in [3.63, 3.8) is 0 Å². The number of halogens is 1. The topological polar surface area (TPSA) is 25.2 Å². The Labute approximate surface area is 104 Å². The number of furan rings is 1. The molecule has 0 spiro atoms. The molecule has 1 heterocycles. The zero-order chi connectivity index (χ0) is 12.3. The summed E-state index contributed by atoms with van der Waals surface area (Å²) in [7, 11) is 1.84. The molecule has 0 unspecified atom stereocenters. The van der Waals surface area contributed by atoms with Gasteiger partial charge in [0.25, 0.3) is 0 Å². The van der Waals surface area contributed by atoms with E-state index in [9.17, 15) is 4.39 Å². The summed E-state index contributed by atoms with van der Waals surface area (Å²) in [5.41, 5.74) is 0.943. The minimum atomic E-state index is -0.191. The number of benzene rings is 1. The fourth-order valence-corrected chi connectivity index (χ4v) is 2.38. The largest absolute Gasteiger partial charge is 0.468 e. The Bertz CT molecular complexity index is 510. The van der Waals surface area contributed by atoms with Gasteiger partial charge in [-0.25, -0.2) is 4.39 Å². The normalized spacial score (nSPS) is 10.8. The molecule has 2 rings (SSSR count). The molecular formula is C13H14FNOS. The number of nitrogens with one attached hydrogen (secondary N) is 1. The van der Waals surface area contributed by atoms with Gasteiger partial charge < -0.3 is 9.73 Å². The molecule has 0 fully saturated rings. The second-order valence-electron chi connectivity index (χ2n) is 3.74. The molecule has 2 nitrogen and oxygen atoms in total. The molecule has 4 heteroatoms. The lowest BCUT2D eigenvalue weighted by Gasteiger charge is -2.05. The molecule has 0 aliphatic rings. The van der Waals surface area contributed by atoms with Crippen LogP contribution in [0.1, 0.15) is 11.3 Å². The van der Waals surface area contributed by atoms with Gasteiger partial charge in [0.15, 0.2) is 0 Å². The summed E-state index contributed by atoms with van der Waals surface area (Å²) in [4.78, 5) is 1.57. The third kappa shape index (κ3) is 2.90. The highest BCUT2D eigenvalue weighted by molar-refractivity contribution is 7.99. The van der Waals surface area contributed by atoms with Gasteiger partial charge in [-0.1, -0.05) is 17.8 Å². The maximum atomic E-state index is 13.8. The summed E-state index contributed by atoms with van der Waals surface area (Å²) >= 11 is 1.39. The van der Waals surface area contributed by atoms with Crippen LogP contribution in [0.4, 0.5) is 4.39 Å². The van der Waals surface area contributed by atoms with Crippen molar-refractivity contribution in [3.8, 4) is 0 Å². The second kappa shape index (κ2) is 5.38. The fraction of sp³-hybridized carbons (Fsp3) is 0.231. The van der Waals surface area contributed by atoms with Gasteiger partial charge in [0, 0.05) is 11.4 Å². The fourth-order valence-electron chi connectivity index (χ4n) is 1.54. The SMILES string of the molecule is CNCc1ccc(Sc2ccoc2C)c(F)c1. The van der Waals surface area contributed by atoms with Crippen molar-refractivity contribution in [1.29, 1.82) is 0 Å². The molecule has 0 amide bonds. The molecular weight excluding hydrogens is 237 g/mol. The first-order valence-electron chi connectivity index (χ1n) is 5.35. The van der Waals surface area contributed by atoms with E-state index >= 15 is 0 Å². The van der Waals surface area contributed by atoms with Gasteiger partial charge in [0.2, 0.25) is 0 Å². The maximum Gasteiger partial charge on any atom is 0.137 e. The summed E-state index contributed by atoms with van der Waals surface area (Å²) in [6.07, 6.45) is 1.62. The predicted molar refractivity (Wildman–Crippen MR) is 66.7 cm³/mol. The average molecular weight is 251 g/mol. The van der Waals surface area contributed by atoms with Gasteiger partial charge in [0.1, 0.15) is 11.6 Å². The first-order chi connectivity index (χ1) is 8.20. The van der Waals surface area contributed by atoms with Crippen LogP contribution in [0.2, 0.25) is 0 Å². The van der Waals surface area contributed by atoms with E-state index in [0.717, 1.165) is 16.2 Å². The van der Waals surface area contributed by atoms with Crippen LogP contribution in [0.25, 0.3) is 0 Å². The van der Waals surface area contributed by atoms with Crippen LogP contribution in [0.5, 0.6) is 0 Å². The van der Waals surface area contributed by atoms with Gasteiger partial charge in [-0.15, -0.1) is 0 Å². The maximum absolute atomic E-state index is 13.8. The van der Waals surface area contributed by atoms with Crippen molar-refractivity contribution in [2.24, 2.45) is 0 Å². The number of hydrogen-bond donors (Lipinski definition) is 1. The number of rotatable bonds is 4. The van der Waals surface area contributed by atoms with Crippen molar-refractivity contribution in [3.05, 3.63) is 47.7 Å². The summed E-state index contributed by atoms with van der Waals surface area (Å²) in [6.45, 7) is 2.54. The Kier molecular flexibility index (Phi) is 3.86. The van der Waals surface area contributed by atoms with Crippen LogP contribution >= 0.6 is 11.8 Å². The quantitative estimate of drug-likeness (QED) is 0.898. The van der Waals surface area contributed by atoms with Crippen LogP contribution < -0.4 is 5.32 Å². The summed E-state index contributed by atoms with van der Waals surface area (Å²) < 4.78 is 19.0. The second-order valence-corrected chi connectivity index (χ2v) is 4.82. The van der Waals surface area contributed by atoms with Crippen molar-refractivity contribution in [2.45, 2.75) is 23.3 Å². The Hall–Kier alpha value is -1.26. The van der Waals surface area contributed by atoms with Gasteiger partial charge in [-0.05, 0) is 37.7 Å². The van der Waals surface area contributed by atoms with Gasteiger partial charge >= 0.3 is 0 Å². The lowest BCUT2D eigenvalue weighted by atomic mass is 10.2. The zero-order valence-corrected chi connectivity index (χ0v) is 10.6. The third-order valence-electron chi connectivity index (χ3n) is 2.41. The molecule has 1 aromatic carbocycles. The van der Waals surface area contributed by atoms with E-state index in [0.29, 0.717) is 11.4 Å². The molecule has 2 aromatic rings. The standard InChI is InChI=1S/C13H14FNOS/c1-9-12(5-6-16-9)17-13-4-3-10(8-15-2)7-11(13)14/h3-7,15H,8H2,1-2H3. The Balaban J connectivity index is 2.19. The van der Waals surface area contributed by atoms with E-state index < -0.39 is 0 Å². The highest BCUT2D eigenvalue weighted by Gasteiger charge is 2.08. The molecule has 1 aromatic heterocycles. The average Bonchev–Trinajstić information content (AvgIpc) is 2.69. The Morgan fingerprint density at radius 2 is 2.12 bits per heavy atom. The molecule has 1 N–H and O–H groups in total. The molecule has 90 valence electrons. The molecule has 0 saturated heterocycles. The van der Waals surface area contributed by atoms with E-state index in [1.165, 1.54) is 11.8 Å². The van der Waals surface area contributed by atoms with Crippen molar-refractivity contribution >= 4 is 11.8 Å². The Morgan fingerprint density at radius 1 is 1.29 bits per heavy atom. The Morgan fingerprint density at radius 3 is 2.71 bits per heavy atom. The minimum Gasteiger partial charge on any atom is -0.468 e. The summed E-state index contributed by atoms with van der Waals surface area (Å²) in [5, 5.41) is 3.00. The minimum absolute atomic E-state index is 0.191. The first kappa shape index (κ1) is 12.2. The van der Waals surface area contributed by atoms with Crippen LogP contribution in [0, 0.1) is 12.7 Å². The smallest absolute Gasteiger partial charge is 0.137 e. The summed E-state index contributed by atoms with van der Waals surface area (Å²) in [6, 6.07) is 7.14. The van der Waals surface area contributed by atoms with E-state index in [-0.39, 0.29) is 5.82 Å². The highest BCUT2D eigenvalue weighted by Crippen LogP contribution is 2.32. The monoisotopic (exact) mass is 251 g/mol. The van der Waals surface area contributed by atoms with Crippen LogP contribution in [0.3, 0.4) is 0 Å². The lowest BCUT2D eigenvalue weighted by Crippen LogP contribution is -2.05. The van der Waals surface area contributed by atoms with Gasteiger partial charge in [0.05, 0.1) is 11.2 Å². The molecule has 0 atom stereocenters. The van der Waals surface area contributed by atoms with Crippen molar-refractivity contribution < 1.29 is 8.81 Å². The summed E-state index contributed by atoms with van der Waals surface area (Å²) in [5.74, 6) is 0.622. The van der Waals surface area contributed by atoms with E-state index in [1.54, 1.807) is 18.4 Å². The number of hydrogen-bond acceptors (Lipinski definition) is 3. The van der Waals surface area contributed by atoms with Crippen molar-refractivity contribution in [1.82, 2.24) is 5.32 Å². The molecule has 0 aliphatic carbocycles. The molecule has 0 bridgehead atoms. The lowest BCUT2D eigenvalue weighted by molar-refractivity contribution is 0.526. The zero-order valence-electron chi connectivity index (χ0n) is 9.79. The third-order valence-corrected chi connectivity index (χ3v) is 3.60. The first-order valence-corrected chi connectivity index (χ1v) is 6.17. The molecule has 17 heavy (non-hydrogen) atoms. The van der Waals surface area contributed by atoms with Crippen LogP contribution in [0.15, 0.2) is 44.7 Å². The van der Waals surface area contributed by atoms with E-state index in [1.807, 2.05) is 26.1 Å². The van der Waals surface area contributed by atoms with Crippen LogP contribution in [-0.4, -0.2) is 7.05 Å². The predicted octanol–water partition coefficient (Wildman–Crippen LogP) is 3.60. The van der Waals surface area contributed by atoms with Crippen LogP contribution in [-0.2, 0) is 6.54 Å². The molecule has 0 aliphatic heterocycles. The van der Waals surface area contributed by atoms with Gasteiger partial charge in [-0.2, -0.15) is 0 Å². The van der Waals surface area contributed by atoms with E-state index in [2.05, 4.69) is 5.32 Å².